The molecule has 0 saturated heterocycles. The zero-order valence-corrected chi connectivity index (χ0v) is 15.4. The van der Waals surface area contributed by atoms with Crippen molar-refractivity contribution in [3.63, 3.8) is 0 Å². The number of hydrogen-bond acceptors (Lipinski definition) is 3. The van der Waals surface area contributed by atoms with E-state index in [1.165, 1.54) is 6.08 Å². The summed E-state index contributed by atoms with van der Waals surface area (Å²) < 4.78 is 0. The van der Waals surface area contributed by atoms with Gasteiger partial charge in [-0.15, -0.1) is 0 Å². The number of hydrogen-bond donors (Lipinski definition) is 3. The number of anilines is 3. The minimum atomic E-state index is -0.221. The molecule has 0 aromatic heterocycles. The second kappa shape index (κ2) is 8.92. The van der Waals surface area contributed by atoms with Crippen molar-refractivity contribution < 1.29 is 4.79 Å². The second-order valence-electron chi connectivity index (χ2n) is 6.01. The summed E-state index contributed by atoms with van der Waals surface area (Å²) in [7, 11) is 0. The maximum absolute atomic E-state index is 12.0. The molecule has 0 aliphatic heterocycles. The minimum Gasteiger partial charge on any atom is -0.397 e. The highest BCUT2D eigenvalue weighted by Gasteiger charge is 2.01. The molecule has 0 aliphatic carbocycles. The summed E-state index contributed by atoms with van der Waals surface area (Å²) in [4.78, 5) is 12.0. The Bertz CT molecular complexity index is 935. The van der Waals surface area contributed by atoms with Gasteiger partial charge in [0.2, 0.25) is 5.91 Å². The summed E-state index contributed by atoms with van der Waals surface area (Å²) in [5, 5.41) is 6.82. The molecule has 0 atom stereocenters. The van der Waals surface area contributed by atoms with Gasteiger partial charge in [-0.3, -0.25) is 4.79 Å². The number of para-hydroxylation sites is 2. The van der Waals surface area contributed by atoms with Crippen LogP contribution in [0, 0.1) is 0 Å². The van der Waals surface area contributed by atoms with E-state index < -0.39 is 0 Å². The highest BCUT2D eigenvalue weighted by atomic mass is 35.5. The van der Waals surface area contributed by atoms with Gasteiger partial charge in [-0.2, -0.15) is 0 Å². The Labute approximate surface area is 163 Å². The predicted octanol–water partition coefficient (Wildman–Crippen LogP) is 5.19. The largest absolute Gasteiger partial charge is 0.397 e. The number of nitrogens with two attached hydrogens (primary N) is 1. The molecule has 0 aliphatic rings. The number of halogens is 1. The highest BCUT2D eigenvalue weighted by molar-refractivity contribution is 6.30. The van der Waals surface area contributed by atoms with E-state index in [1.807, 2.05) is 60.7 Å². The average molecular weight is 378 g/mol. The fraction of sp³-hybridized carbons (Fsp3) is 0.0455. The molecule has 1 amide bonds. The fourth-order valence-electron chi connectivity index (χ4n) is 2.48. The summed E-state index contributed by atoms with van der Waals surface area (Å²) in [6, 6.07) is 22.7. The first-order valence-corrected chi connectivity index (χ1v) is 8.90. The number of nitrogens with one attached hydrogen (secondary N) is 2. The summed E-state index contributed by atoms with van der Waals surface area (Å²) in [6.45, 7) is 0.708. The Morgan fingerprint density at radius 3 is 2.37 bits per heavy atom. The van der Waals surface area contributed by atoms with Crippen molar-refractivity contribution >= 4 is 40.6 Å². The Morgan fingerprint density at radius 1 is 0.963 bits per heavy atom. The number of carbonyl (C=O) groups is 1. The van der Waals surface area contributed by atoms with Crippen LogP contribution in [0.1, 0.15) is 11.1 Å². The number of carbonyl (C=O) groups excluding carboxylic acids is 1. The molecule has 3 aromatic rings. The maximum atomic E-state index is 12.0. The Morgan fingerprint density at radius 2 is 1.67 bits per heavy atom. The van der Waals surface area contributed by atoms with Gasteiger partial charge >= 0.3 is 0 Å². The summed E-state index contributed by atoms with van der Waals surface area (Å²) in [5.41, 5.74) is 10.1. The summed E-state index contributed by atoms with van der Waals surface area (Å²) >= 11 is 5.88. The van der Waals surface area contributed by atoms with Crippen LogP contribution in [0.2, 0.25) is 5.02 Å². The average Bonchev–Trinajstić information content (AvgIpc) is 2.68. The van der Waals surface area contributed by atoms with Crippen molar-refractivity contribution in [1.82, 2.24) is 0 Å². The molecular formula is C22H20ClN3O. The monoisotopic (exact) mass is 377 g/mol. The first kappa shape index (κ1) is 18.5. The molecule has 136 valence electrons. The second-order valence-corrected chi connectivity index (χ2v) is 6.45. The van der Waals surface area contributed by atoms with E-state index in [1.54, 1.807) is 18.2 Å². The third kappa shape index (κ3) is 5.62. The molecule has 0 heterocycles. The third-order valence-corrected chi connectivity index (χ3v) is 4.22. The standard InChI is InChI=1S/C22H20ClN3O/c23-18-10-12-19(13-11-18)25-15-17-7-5-16(6-8-17)9-14-22(27)26-21-4-2-1-3-20(21)24/h1-14,25H,15,24H2,(H,26,27). The number of nitrogen functional groups attached to an aromatic ring is 1. The van der Waals surface area contributed by atoms with Crippen LogP contribution >= 0.6 is 11.6 Å². The first-order valence-electron chi connectivity index (χ1n) is 8.52. The lowest BCUT2D eigenvalue weighted by atomic mass is 10.1. The molecule has 3 aromatic carbocycles. The van der Waals surface area contributed by atoms with Crippen LogP contribution in [0.3, 0.4) is 0 Å². The van der Waals surface area contributed by atoms with Crippen molar-refractivity contribution in [1.29, 1.82) is 0 Å². The zero-order chi connectivity index (χ0) is 19.1. The van der Waals surface area contributed by atoms with Gasteiger partial charge in [0.05, 0.1) is 11.4 Å². The quantitative estimate of drug-likeness (QED) is 0.409. The molecule has 4 N–H and O–H groups in total. The first-order chi connectivity index (χ1) is 13.1. The SMILES string of the molecule is Nc1ccccc1NC(=O)C=Cc1ccc(CNc2ccc(Cl)cc2)cc1. The van der Waals surface area contributed by atoms with Crippen LogP contribution < -0.4 is 16.4 Å². The minimum absolute atomic E-state index is 0.221. The van der Waals surface area contributed by atoms with E-state index in [0.29, 0.717) is 17.9 Å². The zero-order valence-electron chi connectivity index (χ0n) is 14.7. The van der Waals surface area contributed by atoms with Crippen LogP contribution in [-0.2, 0) is 11.3 Å². The van der Waals surface area contributed by atoms with E-state index in [4.69, 9.17) is 17.3 Å². The molecule has 0 unspecified atom stereocenters. The summed E-state index contributed by atoms with van der Waals surface area (Å²) in [5.74, 6) is -0.221. The van der Waals surface area contributed by atoms with Crippen LogP contribution in [0.25, 0.3) is 6.08 Å². The number of amides is 1. The Kier molecular flexibility index (Phi) is 6.13. The fourth-order valence-corrected chi connectivity index (χ4v) is 2.60. The van der Waals surface area contributed by atoms with Crippen molar-refractivity contribution in [3.8, 4) is 0 Å². The smallest absolute Gasteiger partial charge is 0.248 e. The lowest BCUT2D eigenvalue weighted by molar-refractivity contribution is -0.111. The van der Waals surface area contributed by atoms with Crippen LogP contribution in [0.15, 0.2) is 78.9 Å². The van der Waals surface area contributed by atoms with Gasteiger partial charge in [0.1, 0.15) is 0 Å². The summed E-state index contributed by atoms with van der Waals surface area (Å²) in [6.07, 6.45) is 3.26. The highest BCUT2D eigenvalue weighted by Crippen LogP contribution is 2.17. The van der Waals surface area contributed by atoms with Crippen molar-refractivity contribution in [2.75, 3.05) is 16.4 Å². The van der Waals surface area contributed by atoms with E-state index >= 15 is 0 Å². The van der Waals surface area contributed by atoms with E-state index in [2.05, 4.69) is 10.6 Å². The Hall–Kier alpha value is -3.24. The van der Waals surface area contributed by atoms with Crippen molar-refractivity contribution in [2.24, 2.45) is 0 Å². The Balaban J connectivity index is 1.53. The molecular weight excluding hydrogens is 358 g/mol. The third-order valence-electron chi connectivity index (χ3n) is 3.97. The molecule has 5 heteroatoms. The van der Waals surface area contributed by atoms with Gasteiger partial charge in [0, 0.05) is 23.3 Å². The van der Waals surface area contributed by atoms with Crippen LogP contribution in [0.4, 0.5) is 17.1 Å². The molecule has 4 nitrogen and oxygen atoms in total. The number of rotatable bonds is 6. The van der Waals surface area contributed by atoms with Crippen LogP contribution in [0.5, 0.6) is 0 Å². The lowest BCUT2D eigenvalue weighted by Gasteiger charge is -2.07. The molecule has 0 radical (unpaired) electrons. The molecule has 0 spiro atoms. The molecule has 3 rings (SSSR count). The van der Waals surface area contributed by atoms with Gasteiger partial charge in [-0.05, 0) is 53.6 Å². The van der Waals surface area contributed by atoms with Crippen molar-refractivity contribution in [2.45, 2.75) is 6.54 Å². The van der Waals surface area contributed by atoms with E-state index in [0.717, 1.165) is 21.8 Å². The topological polar surface area (TPSA) is 67.1 Å². The number of benzene rings is 3. The van der Waals surface area contributed by atoms with Gasteiger partial charge in [-0.25, -0.2) is 0 Å². The lowest BCUT2D eigenvalue weighted by Crippen LogP contribution is -2.09. The van der Waals surface area contributed by atoms with E-state index in [-0.39, 0.29) is 5.91 Å². The van der Waals surface area contributed by atoms with Gasteiger partial charge in [0.25, 0.3) is 0 Å². The molecule has 27 heavy (non-hydrogen) atoms. The molecule has 0 fully saturated rings. The maximum Gasteiger partial charge on any atom is 0.248 e. The molecule has 0 bridgehead atoms. The van der Waals surface area contributed by atoms with Crippen molar-refractivity contribution in [3.05, 3.63) is 95.0 Å². The van der Waals surface area contributed by atoms with Gasteiger partial charge in [-0.1, -0.05) is 48.0 Å². The predicted molar refractivity (Wildman–Crippen MR) is 114 cm³/mol. The molecule has 0 saturated carbocycles. The van der Waals surface area contributed by atoms with Gasteiger partial charge < -0.3 is 16.4 Å². The van der Waals surface area contributed by atoms with Crippen LogP contribution in [-0.4, -0.2) is 5.91 Å². The van der Waals surface area contributed by atoms with Gasteiger partial charge in [0.15, 0.2) is 0 Å². The van der Waals surface area contributed by atoms with E-state index in [9.17, 15) is 4.79 Å². The normalized spacial score (nSPS) is 10.7.